The SMILES string of the molecule is Cc1cccc(-n2c(N)c(C(=O)NCCCc3ccccc3)c3nc4ccccc4nc32)c1. The Hall–Kier alpha value is -4.19. The van der Waals surface area contributed by atoms with Gasteiger partial charge in [-0.05, 0) is 55.2 Å². The maximum atomic E-state index is 13.3. The van der Waals surface area contributed by atoms with Crippen LogP contribution >= 0.6 is 0 Å². The molecule has 0 spiro atoms. The zero-order chi connectivity index (χ0) is 22.8. The van der Waals surface area contributed by atoms with Crippen molar-refractivity contribution in [3.05, 3.63) is 95.6 Å². The molecule has 0 saturated carbocycles. The number of nitrogen functional groups attached to an aromatic ring is 1. The zero-order valence-electron chi connectivity index (χ0n) is 18.5. The number of aryl methyl sites for hydroxylation is 2. The van der Waals surface area contributed by atoms with E-state index < -0.39 is 0 Å². The van der Waals surface area contributed by atoms with Gasteiger partial charge in [0.1, 0.15) is 16.9 Å². The molecule has 0 aliphatic heterocycles. The minimum Gasteiger partial charge on any atom is -0.384 e. The zero-order valence-corrected chi connectivity index (χ0v) is 18.5. The topological polar surface area (TPSA) is 85.8 Å². The number of anilines is 1. The lowest BCUT2D eigenvalue weighted by atomic mass is 10.1. The van der Waals surface area contributed by atoms with E-state index in [-0.39, 0.29) is 5.91 Å². The van der Waals surface area contributed by atoms with Crippen LogP contribution in [-0.2, 0) is 6.42 Å². The van der Waals surface area contributed by atoms with E-state index in [9.17, 15) is 4.79 Å². The van der Waals surface area contributed by atoms with Gasteiger partial charge in [0.2, 0.25) is 0 Å². The van der Waals surface area contributed by atoms with Crippen LogP contribution in [0.25, 0.3) is 27.9 Å². The van der Waals surface area contributed by atoms with E-state index in [4.69, 9.17) is 15.7 Å². The van der Waals surface area contributed by atoms with Gasteiger partial charge in [0, 0.05) is 12.2 Å². The molecule has 2 aromatic heterocycles. The van der Waals surface area contributed by atoms with Gasteiger partial charge >= 0.3 is 0 Å². The Labute approximate surface area is 192 Å². The van der Waals surface area contributed by atoms with Gasteiger partial charge in [-0.2, -0.15) is 0 Å². The fourth-order valence-electron chi connectivity index (χ4n) is 4.14. The van der Waals surface area contributed by atoms with Crippen LogP contribution in [-0.4, -0.2) is 27.0 Å². The van der Waals surface area contributed by atoms with E-state index in [1.54, 1.807) is 0 Å². The van der Waals surface area contributed by atoms with Crippen LogP contribution in [0.15, 0.2) is 78.9 Å². The summed E-state index contributed by atoms with van der Waals surface area (Å²) in [5.41, 5.74) is 12.7. The number of aromatic nitrogens is 3. The molecule has 0 atom stereocenters. The Kier molecular flexibility index (Phi) is 5.48. The molecule has 0 fully saturated rings. The monoisotopic (exact) mass is 435 g/mol. The fourth-order valence-corrected chi connectivity index (χ4v) is 4.14. The molecule has 0 saturated heterocycles. The summed E-state index contributed by atoms with van der Waals surface area (Å²) in [4.78, 5) is 22.9. The summed E-state index contributed by atoms with van der Waals surface area (Å²) < 4.78 is 1.82. The smallest absolute Gasteiger partial charge is 0.257 e. The summed E-state index contributed by atoms with van der Waals surface area (Å²) in [5.74, 6) is 0.105. The first kappa shape index (κ1) is 20.7. The highest BCUT2D eigenvalue weighted by atomic mass is 16.1. The maximum Gasteiger partial charge on any atom is 0.257 e. The van der Waals surface area contributed by atoms with Crippen molar-refractivity contribution in [2.24, 2.45) is 0 Å². The van der Waals surface area contributed by atoms with Crippen molar-refractivity contribution < 1.29 is 4.79 Å². The molecule has 2 heterocycles. The van der Waals surface area contributed by atoms with Gasteiger partial charge in [-0.15, -0.1) is 0 Å². The van der Waals surface area contributed by atoms with Crippen LogP contribution in [0.5, 0.6) is 0 Å². The minimum atomic E-state index is -0.235. The number of nitrogens with two attached hydrogens (primary N) is 1. The molecule has 0 aliphatic carbocycles. The number of para-hydroxylation sites is 2. The predicted octanol–water partition coefficient (Wildman–Crippen LogP) is 4.83. The Bertz CT molecular complexity index is 1460. The molecule has 0 aliphatic rings. The van der Waals surface area contributed by atoms with E-state index in [1.165, 1.54) is 5.56 Å². The Balaban J connectivity index is 1.52. The molecule has 5 rings (SSSR count). The Morgan fingerprint density at radius 3 is 2.42 bits per heavy atom. The van der Waals surface area contributed by atoms with Gasteiger partial charge in [0.05, 0.1) is 11.0 Å². The average molecular weight is 436 g/mol. The average Bonchev–Trinajstić information content (AvgIpc) is 3.11. The van der Waals surface area contributed by atoms with Gasteiger partial charge in [-0.1, -0.05) is 54.6 Å². The van der Waals surface area contributed by atoms with Crippen LogP contribution in [0.3, 0.4) is 0 Å². The van der Waals surface area contributed by atoms with Crippen molar-refractivity contribution in [1.29, 1.82) is 0 Å². The number of hydrogen-bond acceptors (Lipinski definition) is 4. The van der Waals surface area contributed by atoms with E-state index in [0.717, 1.165) is 35.1 Å². The second kappa shape index (κ2) is 8.74. The number of benzene rings is 3. The van der Waals surface area contributed by atoms with Crippen molar-refractivity contribution in [1.82, 2.24) is 19.9 Å². The van der Waals surface area contributed by atoms with E-state index in [0.29, 0.717) is 29.1 Å². The van der Waals surface area contributed by atoms with E-state index in [1.807, 2.05) is 78.2 Å². The van der Waals surface area contributed by atoms with Crippen molar-refractivity contribution in [3.8, 4) is 5.69 Å². The summed E-state index contributed by atoms with van der Waals surface area (Å²) in [6.07, 6.45) is 1.73. The summed E-state index contributed by atoms with van der Waals surface area (Å²) >= 11 is 0. The Morgan fingerprint density at radius 1 is 0.939 bits per heavy atom. The largest absolute Gasteiger partial charge is 0.384 e. The molecule has 3 N–H and O–H groups in total. The number of nitrogens with one attached hydrogen (secondary N) is 1. The molecule has 0 unspecified atom stereocenters. The number of hydrogen-bond donors (Lipinski definition) is 2. The van der Waals surface area contributed by atoms with E-state index >= 15 is 0 Å². The lowest BCUT2D eigenvalue weighted by Crippen LogP contribution is -2.25. The highest BCUT2D eigenvalue weighted by Crippen LogP contribution is 2.31. The summed E-state index contributed by atoms with van der Waals surface area (Å²) in [6, 6.07) is 25.8. The molecule has 0 radical (unpaired) electrons. The first-order valence-electron chi connectivity index (χ1n) is 11.1. The number of amides is 1. The lowest BCUT2D eigenvalue weighted by Gasteiger charge is -2.09. The Morgan fingerprint density at radius 2 is 1.67 bits per heavy atom. The standard InChI is InChI=1S/C27H25N5O/c1-18-9-7-13-20(17-18)32-25(28)23(24-26(32)31-22-15-6-5-14-21(22)30-24)27(33)29-16-8-12-19-10-3-2-4-11-19/h2-7,9-11,13-15,17H,8,12,16,28H2,1H3,(H,29,33). The van der Waals surface area contributed by atoms with Crippen molar-refractivity contribution in [2.45, 2.75) is 19.8 Å². The van der Waals surface area contributed by atoms with Crippen LogP contribution in [0, 0.1) is 6.92 Å². The van der Waals surface area contributed by atoms with Gasteiger partial charge < -0.3 is 11.1 Å². The molecule has 3 aromatic carbocycles. The third-order valence-electron chi connectivity index (χ3n) is 5.76. The maximum absolute atomic E-state index is 13.3. The minimum absolute atomic E-state index is 0.235. The molecular formula is C27H25N5O. The molecular weight excluding hydrogens is 410 g/mol. The molecule has 33 heavy (non-hydrogen) atoms. The molecule has 6 heteroatoms. The number of carbonyl (C=O) groups is 1. The molecule has 1 amide bonds. The second-order valence-electron chi connectivity index (χ2n) is 8.16. The molecule has 164 valence electrons. The molecule has 6 nitrogen and oxygen atoms in total. The van der Waals surface area contributed by atoms with Gasteiger partial charge in [0.15, 0.2) is 5.65 Å². The van der Waals surface area contributed by atoms with Gasteiger partial charge in [0.25, 0.3) is 5.91 Å². The highest BCUT2D eigenvalue weighted by Gasteiger charge is 2.24. The number of nitrogens with zero attached hydrogens (tertiary/aromatic N) is 3. The van der Waals surface area contributed by atoms with Crippen molar-refractivity contribution >= 4 is 33.9 Å². The third kappa shape index (κ3) is 4.03. The first-order chi connectivity index (χ1) is 16.1. The van der Waals surface area contributed by atoms with Crippen LogP contribution in [0.4, 0.5) is 5.82 Å². The molecule has 5 aromatic rings. The molecule has 0 bridgehead atoms. The number of fused-ring (bicyclic) bond motifs is 2. The van der Waals surface area contributed by atoms with Crippen LogP contribution < -0.4 is 11.1 Å². The third-order valence-corrected chi connectivity index (χ3v) is 5.76. The first-order valence-corrected chi connectivity index (χ1v) is 11.1. The quantitative estimate of drug-likeness (QED) is 0.374. The van der Waals surface area contributed by atoms with Crippen LogP contribution in [0.1, 0.15) is 27.9 Å². The summed E-state index contributed by atoms with van der Waals surface area (Å²) in [5, 5.41) is 3.03. The highest BCUT2D eigenvalue weighted by molar-refractivity contribution is 6.11. The lowest BCUT2D eigenvalue weighted by molar-refractivity contribution is 0.0955. The van der Waals surface area contributed by atoms with Gasteiger partial charge in [-0.25, -0.2) is 9.97 Å². The summed E-state index contributed by atoms with van der Waals surface area (Å²) in [7, 11) is 0. The number of rotatable bonds is 6. The van der Waals surface area contributed by atoms with Gasteiger partial charge in [-0.3, -0.25) is 9.36 Å². The van der Waals surface area contributed by atoms with Crippen molar-refractivity contribution in [3.63, 3.8) is 0 Å². The van der Waals surface area contributed by atoms with Crippen LogP contribution in [0.2, 0.25) is 0 Å². The second-order valence-corrected chi connectivity index (χ2v) is 8.16. The number of carbonyl (C=O) groups excluding carboxylic acids is 1. The normalized spacial score (nSPS) is 11.2. The summed E-state index contributed by atoms with van der Waals surface area (Å²) in [6.45, 7) is 2.57. The van der Waals surface area contributed by atoms with E-state index in [2.05, 4.69) is 17.4 Å². The van der Waals surface area contributed by atoms with Crippen molar-refractivity contribution in [2.75, 3.05) is 12.3 Å². The predicted molar refractivity (Wildman–Crippen MR) is 133 cm³/mol. The fraction of sp³-hybridized carbons (Fsp3) is 0.148.